The molecule has 242 valence electrons. The van der Waals surface area contributed by atoms with Crippen LogP contribution in [-0.4, -0.2) is 81.1 Å². The number of phenols is 1. The number of cyclic esters (lactones) is 1. The van der Waals surface area contributed by atoms with Crippen LogP contribution in [0.1, 0.15) is 91.7 Å². The van der Waals surface area contributed by atoms with Gasteiger partial charge >= 0.3 is 11.9 Å². The molecule has 0 saturated carbocycles. The van der Waals surface area contributed by atoms with E-state index in [-0.39, 0.29) is 43.0 Å². The number of benzene rings is 1. The summed E-state index contributed by atoms with van der Waals surface area (Å²) >= 11 is 0. The van der Waals surface area contributed by atoms with Crippen molar-refractivity contribution in [3.8, 4) is 5.75 Å². The first-order valence-electron chi connectivity index (χ1n) is 15.1. The highest BCUT2D eigenvalue weighted by Gasteiger charge is 2.68. The van der Waals surface area contributed by atoms with E-state index in [4.69, 9.17) is 23.7 Å². The Morgan fingerprint density at radius 2 is 1.77 bits per heavy atom. The van der Waals surface area contributed by atoms with E-state index in [1.807, 2.05) is 33.8 Å². The van der Waals surface area contributed by atoms with Gasteiger partial charge in [-0.05, 0) is 56.7 Å². The number of aromatic hydroxyl groups is 1. The molecule has 3 fully saturated rings. The normalized spacial score (nSPS) is 38.5. The molecule has 11 nitrogen and oxygen atoms in total. The standard InChI is InChI=1S/C32H48O11/c1-18(11-12-23(39-7)21-9-8-10-22(34)13-21)28-19(2)25-15-32(42-28)29(4,5)17-30(6,37)31(38,43-32)16-27(36)40-24(20(3)33)14-26(35)41-25/h8-10,13,18-20,23-25,28,33-34,37-38H,11-12,14-17H2,1-7H3/t18-,19-,20+,23-,24+,25-,28+,30-,31-,32-/m0/s1. The Labute approximate surface area is 253 Å². The molecule has 10 atom stereocenters. The third kappa shape index (κ3) is 6.72. The maximum absolute atomic E-state index is 13.1. The molecule has 11 heteroatoms. The molecular formula is C32H48O11. The smallest absolute Gasteiger partial charge is 0.311 e. The second kappa shape index (κ2) is 12.3. The monoisotopic (exact) mass is 608 g/mol. The largest absolute Gasteiger partial charge is 0.508 e. The summed E-state index contributed by atoms with van der Waals surface area (Å²) in [6.07, 6.45) is -3.68. The minimum Gasteiger partial charge on any atom is -0.508 e. The highest BCUT2D eigenvalue weighted by molar-refractivity contribution is 5.73. The van der Waals surface area contributed by atoms with Crippen LogP contribution in [0.2, 0.25) is 0 Å². The number of aliphatic hydroxyl groups excluding tert-OH is 1. The van der Waals surface area contributed by atoms with Crippen molar-refractivity contribution in [1.29, 1.82) is 0 Å². The number of carbonyl (C=O) groups excluding carboxylic acids is 2. The summed E-state index contributed by atoms with van der Waals surface area (Å²) in [5.74, 6) is -5.76. The molecule has 3 saturated heterocycles. The van der Waals surface area contributed by atoms with E-state index < -0.39 is 65.4 Å². The van der Waals surface area contributed by atoms with Crippen molar-refractivity contribution in [2.45, 2.75) is 128 Å². The fraction of sp³-hybridized carbons (Fsp3) is 0.750. The fourth-order valence-corrected chi connectivity index (χ4v) is 7.03. The van der Waals surface area contributed by atoms with Crippen molar-refractivity contribution in [3.05, 3.63) is 29.8 Å². The number of hydrogen-bond donors (Lipinski definition) is 4. The Balaban J connectivity index is 1.69. The summed E-state index contributed by atoms with van der Waals surface area (Å²) in [5.41, 5.74) is -1.91. The van der Waals surface area contributed by atoms with Crippen molar-refractivity contribution >= 4 is 11.9 Å². The van der Waals surface area contributed by atoms with E-state index >= 15 is 0 Å². The molecule has 0 radical (unpaired) electrons. The zero-order chi connectivity index (χ0) is 32.0. The number of hydrogen-bond acceptors (Lipinski definition) is 11. The van der Waals surface area contributed by atoms with Gasteiger partial charge in [-0.25, -0.2) is 0 Å². The van der Waals surface area contributed by atoms with Crippen LogP contribution >= 0.6 is 0 Å². The summed E-state index contributed by atoms with van der Waals surface area (Å²) in [6.45, 7) is 10.5. The first-order chi connectivity index (χ1) is 19.9. The third-order valence-electron chi connectivity index (χ3n) is 9.72. The lowest BCUT2D eigenvalue weighted by molar-refractivity contribution is -0.473. The summed E-state index contributed by atoms with van der Waals surface area (Å²) in [7, 11) is 1.62. The van der Waals surface area contributed by atoms with Crippen molar-refractivity contribution in [1.82, 2.24) is 0 Å². The number of rotatable bonds is 7. The minimum atomic E-state index is -2.39. The average molecular weight is 609 g/mol. The summed E-state index contributed by atoms with van der Waals surface area (Å²) in [5, 5.41) is 43.4. The zero-order valence-corrected chi connectivity index (χ0v) is 26.2. The Morgan fingerprint density at radius 3 is 2.40 bits per heavy atom. The van der Waals surface area contributed by atoms with E-state index in [9.17, 15) is 30.0 Å². The van der Waals surface area contributed by atoms with Gasteiger partial charge in [0.1, 0.15) is 30.0 Å². The molecule has 3 bridgehead atoms. The molecule has 0 amide bonds. The van der Waals surface area contributed by atoms with Crippen molar-refractivity contribution in [2.75, 3.05) is 7.11 Å². The lowest BCUT2D eigenvalue weighted by Crippen LogP contribution is -2.73. The van der Waals surface area contributed by atoms with Crippen LogP contribution < -0.4 is 0 Å². The minimum absolute atomic E-state index is 0.00298. The van der Waals surface area contributed by atoms with E-state index in [0.717, 1.165) is 5.56 Å². The summed E-state index contributed by atoms with van der Waals surface area (Å²) in [6, 6.07) is 6.93. The fourth-order valence-electron chi connectivity index (χ4n) is 7.03. The molecule has 3 aliphatic rings. The van der Waals surface area contributed by atoms with E-state index in [0.29, 0.717) is 12.8 Å². The molecule has 1 aromatic rings. The van der Waals surface area contributed by atoms with Crippen LogP contribution in [0.4, 0.5) is 0 Å². The van der Waals surface area contributed by atoms with E-state index in [1.165, 1.54) is 13.8 Å². The number of methoxy groups -OCH3 is 1. The number of phenolic OH excluding ortho intramolecular Hbond substituents is 1. The highest BCUT2D eigenvalue weighted by atomic mass is 16.8. The Kier molecular flexibility index (Phi) is 9.58. The van der Waals surface area contributed by atoms with Gasteiger partial charge in [0.2, 0.25) is 5.79 Å². The van der Waals surface area contributed by atoms with Gasteiger partial charge in [0, 0.05) is 24.9 Å². The van der Waals surface area contributed by atoms with E-state index in [2.05, 4.69) is 0 Å². The first-order valence-corrected chi connectivity index (χ1v) is 15.1. The second-order valence-corrected chi connectivity index (χ2v) is 13.7. The second-order valence-electron chi connectivity index (χ2n) is 13.7. The van der Waals surface area contributed by atoms with Crippen LogP contribution in [0.15, 0.2) is 24.3 Å². The third-order valence-corrected chi connectivity index (χ3v) is 9.72. The van der Waals surface area contributed by atoms with Crippen LogP contribution in [0.3, 0.4) is 0 Å². The molecule has 1 aromatic carbocycles. The number of fused-ring (bicyclic) bond motifs is 2. The predicted octanol–water partition coefficient (Wildman–Crippen LogP) is 3.50. The topological polar surface area (TPSA) is 161 Å². The molecule has 4 rings (SSSR count). The Bertz CT molecular complexity index is 1170. The molecular weight excluding hydrogens is 560 g/mol. The SMILES string of the molecule is CO[C@@H](CC[C@H](C)[C@H]1O[C@@]23C[C@H](OC(=O)C[C@H]([C@@H](C)O)OC(=O)C[C@](O)(O2)[C@@](C)(O)CC3(C)C)[C@@H]1C)c1cccc(O)c1. The summed E-state index contributed by atoms with van der Waals surface area (Å²) < 4.78 is 30.3. The van der Waals surface area contributed by atoms with Gasteiger partial charge in [0.25, 0.3) is 0 Å². The maximum atomic E-state index is 13.1. The first kappa shape index (κ1) is 33.6. The molecule has 0 aromatic heterocycles. The van der Waals surface area contributed by atoms with E-state index in [1.54, 1.807) is 25.3 Å². The average Bonchev–Trinajstić information content (AvgIpc) is 2.88. The van der Waals surface area contributed by atoms with Gasteiger partial charge in [0.05, 0.1) is 24.7 Å². The zero-order valence-electron chi connectivity index (χ0n) is 26.2. The molecule has 4 N–H and O–H groups in total. The molecule has 3 aliphatic heterocycles. The van der Waals surface area contributed by atoms with Crippen LogP contribution in [0, 0.1) is 17.3 Å². The van der Waals surface area contributed by atoms with Crippen molar-refractivity contribution in [2.24, 2.45) is 17.3 Å². The van der Waals surface area contributed by atoms with Gasteiger partial charge < -0.3 is 44.1 Å². The number of ether oxygens (including phenoxy) is 5. The van der Waals surface area contributed by atoms with Crippen molar-refractivity contribution in [3.63, 3.8) is 0 Å². The van der Waals surface area contributed by atoms with Gasteiger partial charge in [0.15, 0.2) is 5.79 Å². The lowest BCUT2D eigenvalue weighted by atomic mass is 9.64. The quantitative estimate of drug-likeness (QED) is 0.335. The molecule has 1 spiro atoms. The van der Waals surface area contributed by atoms with Crippen LogP contribution in [-0.2, 0) is 33.3 Å². The number of carbonyl (C=O) groups is 2. The number of esters is 2. The van der Waals surface area contributed by atoms with Crippen LogP contribution in [0.5, 0.6) is 5.75 Å². The predicted molar refractivity (Wildman–Crippen MR) is 153 cm³/mol. The van der Waals surface area contributed by atoms with Gasteiger partial charge in [-0.2, -0.15) is 0 Å². The molecule has 0 aliphatic carbocycles. The maximum Gasteiger partial charge on any atom is 0.311 e. The molecule has 43 heavy (non-hydrogen) atoms. The highest BCUT2D eigenvalue weighted by Crippen LogP contribution is 2.58. The van der Waals surface area contributed by atoms with Crippen molar-refractivity contribution < 1.29 is 53.7 Å². The summed E-state index contributed by atoms with van der Waals surface area (Å²) in [4.78, 5) is 26.1. The molecule has 0 unspecified atom stereocenters. The Morgan fingerprint density at radius 1 is 1.07 bits per heavy atom. The van der Waals surface area contributed by atoms with Gasteiger partial charge in [-0.1, -0.05) is 39.8 Å². The van der Waals surface area contributed by atoms with Crippen LogP contribution in [0.25, 0.3) is 0 Å². The molecule has 3 heterocycles. The lowest BCUT2D eigenvalue weighted by Gasteiger charge is -2.63. The number of aliphatic hydroxyl groups is 3. The van der Waals surface area contributed by atoms with Gasteiger partial charge in [-0.3, -0.25) is 9.59 Å². The Hall–Kier alpha value is -2.28. The van der Waals surface area contributed by atoms with Gasteiger partial charge in [-0.15, -0.1) is 0 Å².